The van der Waals surface area contributed by atoms with E-state index in [1.807, 2.05) is 0 Å². The number of hydrazine groups is 1. The van der Waals surface area contributed by atoms with Crippen LogP contribution in [-0.2, 0) is 9.53 Å². The minimum atomic E-state index is -0.269. The Bertz CT molecular complexity index is 247. The van der Waals surface area contributed by atoms with Crippen LogP contribution in [0.5, 0.6) is 0 Å². The van der Waals surface area contributed by atoms with Crippen molar-refractivity contribution in [2.75, 3.05) is 19.7 Å². The SMILES string of the molecule is CCCCN(CCCCC(=O)NN)C(=O)OCC. The van der Waals surface area contributed by atoms with Crippen molar-refractivity contribution >= 4 is 12.0 Å². The van der Waals surface area contributed by atoms with E-state index in [-0.39, 0.29) is 12.0 Å². The van der Waals surface area contributed by atoms with Gasteiger partial charge in [0.15, 0.2) is 0 Å². The first kappa shape index (κ1) is 16.7. The van der Waals surface area contributed by atoms with E-state index in [0.717, 1.165) is 19.3 Å². The number of carbonyl (C=O) groups excluding carboxylic acids is 2. The van der Waals surface area contributed by atoms with Crippen molar-refractivity contribution < 1.29 is 14.3 Å². The Morgan fingerprint density at radius 1 is 1.17 bits per heavy atom. The molecule has 0 fully saturated rings. The van der Waals surface area contributed by atoms with Crippen molar-refractivity contribution in [3.05, 3.63) is 0 Å². The van der Waals surface area contributed by atoms with Crippen LogP contribution in [0.25, 0.3) is 0 Å². The van der Waals surface area contributed by atoms with Crippen molar-refractivity contribution in [3.8, 4) is 0 Å². The van der Waals surface area contributed by atoms with Gasteiger partial charge in [0.05, 0.1) is 6.61 Å². The van der Waals surface area contributed by atoms with Crippen molar-refractivity contribution in [1.82, 2.24) is 10.3 Å². The highest BCUT2D eigenvalue weighted by molar-refractivity contribution is 5.75. The number of hydrogen-bond acceptors (Lipinski definition) is 4. The standard InChI is InChI=1S/C12H25N3O3/c1-3-5-9-15(12(17)18-4-2)10-7-6-8-11(16)14-13/h3-10,13H2,1-2H3,(H,14,16). The topological polar surface area (TPSA) is 84.7 Å². The maximum Gasteiger partial charge on any atom is 0.409 e. The van der Waals surface area contributed by atoms with Gasteiger partial charge in [-0.15, -0.1) is 0 Å². The molecule has 0 bridgehead atoms. The fourth-order valence-electron chi connectivity index (χ4n) is 1.52. The predicted octanol–water partition coefficient (Wildman–Crippen LogP) is 1.41. The molecule has 106 valence electrons. The second-order valence-corrected chi connectivity index (χ2v) is 4.06. The smallest absolute Gasteiger partial charge is 0.409 e. The Balaban J connectivity index is 3.92. The number of nitrogens with two attached hydrogens (primary N) is 1. The lowest BCUT2D eigenvalue weighted by atomic mass is 10.2. The van der Waals surface area contributed by atoms with Crippen LogP contribution in [0.3, 0.4) is 0 Å². The maximum absolute atomic E-state index is 11.6. The first-order valence-corrected chi connectivity index (χ1v) is 6.56. The highest BCUT2D eigenvalue weighted by Crippen LogP contribution is 2.03. The number of ether oxygens (including phenoxy) is 1. The molecule has 0 saturated heterocycles. The van der Waals surface area contributed by atoms with Gasteiger partial charge < -0.3 is 9.64 Å². The molecule has 0 aromatic rings. The van der Waals surface area contributed by atoms with E-state index >= 15 is 0 Å². The minimum absolute atomic E-state index is 0.175. The van der Waals surface area contributed by atoms with Gasteiger partial charge in [0.1, 0.15) is 0 Å². The van der Waals surface area contributed by atoms with Crippen LogP contribution < -0.4 is 11.3 Å². The zero-order valence-electron chi connectivity index (χ0n) is 11.4. The van der Waals surface area contributed by atoms with Crippen LogP contribution >= 0.6 is 0 Å². The number of nitrogens with zero attached hydrogens (tertiary/aromatic N) is 1. The van der Waals surface area contributed by atoms with Crippen molar-refractivity contribution in [2.45, 2.75) is 46.0 Å². The van der Waals surface area contributed by atoms with Crippen molar-refractivity contribution in [2.24, 2.45) is 5.84 Å². The Labute approximate surface area is 109 Å². The highest BCUT2D eigenvalue weighted by atomic mass is 16.6. The van der Waals surface area contributed by atoms with E-state index in [0.29, 0.717) is 32.5 Å². The Hall–Kier alpha value is -1.30. The predicted molar refractivity (Wildman–Crippen MR) is 69.7 cm³/mol. The second-order valence-electron chi connectivity index (χ2n) is 4.06. The Morgan fingerprint density at radius 2 is 1.83 bits per heavy atom. The van der Waals surface area contributed by atoms with E-state index in [2.05, 4.69) is 12.3 Å². The molecule has 6 nitrogen and oxygen atoms in total. The number of unbranched alkanes of at least 4 members (excludes halogenated alkanes) is 2. The normalized spacial score (nSPS) is 9.94. The van der Waals surface area contributed by atoms with Crippen LogP contribution in [0.2, 0.25) is 0 Å². The molecule has 6 heteroatoms. The second kappa shape index (κ2) is 10.8. The average Bonchev–Trinajstić information content (AvgIpc) is 2.37. The summed E-state index contributed by atoms with van der Waals surface area (Å²) in [6.45, 7) is 5.59. The fourth-order valence-corrected chi connectivity index (χ4v) is 1.52. The molecule has 0 radical (unpaired) electrons. The van der Waals surface area contributed by atoms with Crippen LogP contribution in [0.15, 0.2) is 0 Å². The molecule has 2 amide bonds. The van der Waals surface area contributed by atoms with Crippen molar-refractivity contribution in [3.63, 3.8) is 0 Å². The summed E-state index contributed by atoms with van der Waals surface area (Å²) in [5.74, 6) is 4.81. The van der Waals surface area contributed by atoms with Gasteiger partial charge in [-0.25, -0.2) is 10.6 Å². The third-order valence-electron chi connectivity index (χ3n) is 2.55. The Morgan fingerprint density at radius 3 is 2.39 bits per heavy atom. The quantitative estimate of drug-likeness (QED) is 0.284. The minimum Gasteiger partial charge on any atom is -0.450 e. The number of nitrogens with one attached hydrogen (secondary N) is 1. The molecule has 0 rings (SSSR count). The lowest BCUT2D eigenvalue weighted by Gasteiger charge is -2.21. The molecule has 0 aliphatic carbocycles. The van der Waals surface area contributed by atoms with Gasteiger partial charge in [-0.2, -0.15) is 0 Å². The summed E-state index contributed by atoms with van der Waals surface area (Å²) >= 11 is 0. The maximum atomic E-state index is 11.6. The summed E-state index contributed by atoms with van der Waals surface area (Å²) in [6.07, 6.45) is 3.60. The van der Waals surface area contributed by atoms with Gasteiger partial charge in [0, 0.05) is 19.5 Å². The molecular weight excluding hydrogens is 234 g/mol. The lowest BCUT2D eigenvalue weighted by molar-refractivity contribution is -0.121. The molecule has 0 unspecified atom stereocenters. The first-order valence-electron chi connectivity index (χ1n) is 6.56. The molecule has 18 heavy (non-hydrogen) atoms. The molecule has 0 saturated carbocycles. The van der Waals surface area contributed by atoms with Gasteiger partial charge in [-0.3, -0.25) is 10.2 Å². The fraction of sp³-hybridized carbons (Fsp3) is 0.833. The van der Waals surface area contributed by atoms with Crippen LogP contribution in [0.4, 0.5) is 4.79 Å². The molecule has 3 N–H and O–H groups in total. The zero-order valence-corrected chi connectivity index (χ0v) is 11.4. The third-order valence-corrected chi connectivity index (χ3v) is 2.55. The zero-order chi connectivity index (χ0) is 13.8. The Kier molecular flexibility index (Phi) is 10.0. The average molecular weight is 259 g/mol. The molecule has 0 spiro atoms. The van der Waals surface area contributed by atoms with Crippen LogP contribution in [0, 0.1) is 0 Å². The number of hydrogen-bond donors (Lipinski definition) is 2. The van der Waals surface area contributed by atoms with Gasteiger partial charge in [-0.1, -0.05) is 13.3 Å². The number of carbonyl (C=O) groups is 2. The molecule has 0 heterocycles. The summed E-state index contributed by atoms with van der Waals surface area (Å²) in [4.78, 5) is 24.3. The van der Waals surface area contributed by atoms with Crippen molar-refractivity contribution in [1.29, 1.82) is 0 Å². The molecular formula is C12H25N3O3. The number of rotatable bonds is 9. The van der Waals surface area contributed by atoms with E-state index in [9.17, 15) is 9.59 Å². The van der Waals surface area contributed by atoms with E-state index in [1.165, 1.54) is 0 Å². The van der Waals surface area contributed by atoms with Gasteiger partial charge >= 0.3 is 6.09 Å². The van der Waals surface area contributed by atoms with E-state index in [1.54, 1.807) is 11.8 Å². The van der Waals surface area contributed by atoms with E-state index in [4.69, 9.17) is 10.6 Å². The molecule has 0 atom stereocenters. The third kappa shape index (κ3) is 7.89. The summed E-state index contributed by atoms with van der Waals surface area (Å²) in [7, 11) is 0. The van der Waals surface area contributed by atoms with Crippen LogP contribution in [0.1, 0.15) is 46.0 Å². The van der Waals surface area contributed by atoms with E-state index < -0.39 is 0 Å². The molecule has 0 aliphatic heterocycles. The molecule has 0 aromatic heterocycles. The largest absolute Gasteiger partial charge is 0.450 e. The van der Waals surface area contributed by atoms with Gasteiger partial charge in [0.25, 0.3) is 0 Å². The summed E-state index contributed by atoms with van der Waals surface area (Å²) < 4.78 is 4.99. The summed E-state index contributed by atoms with van der Waals surface area (Å²) in [5, 5.41) is 0. The lowest BCUT2D eigenvalue weighted by Crippen LogP contribution is -2.34. The monoisotopic (exact) mass is 259 g/mol. The van der Waals surface area contributed by atoms with Crippen LogP contribution in [-0.4, -0.2) is 36.6 Å². The number of amides is 2. The first-order chi connectivity index (χ1) is 8.65. The van der Waals surface area contributed by atoms with Gasteiger partial charge in [-0.05, 0) is 26.2 Å². The van der Waals surface area contributed by atoms with Gasteiger partial charge in [0.2, 0.25) is 5.91 Å². The highest BCUT2D eigenvalue weighted by Gasteiger charge is 2.13. The molecule has 0 aliphatic rings. The summed E-state index contributed by atoms with van der Waals surface area (Å²) in [6, 6.07) is 0. The summed E-state index contributed by atoms with van der Waals surface area (Å²) in [5.41, 5.74) is 2.09. The molecule has 0 aromatic carbocycles.